The Kier molecular flexibility index (Phi) is 5.91. The molecule has 2 aromatic carbocycles. The van der Waals surface area contributed by atoms with Crippen LogP contribution in [0.25, 0.3) is 0 Å². The molecule has 0 saturated heterocycles. The minimum atomic E-state index is -0.740. The number of hydrogen-bond acceptors (Lipinski definition) is 4. The van der Waals surface area contributed by atoms with Crippen molar-refractivity contribution in [2.45, 2.75) is 38.8 Å². The molecule has 0 fully saturated rings. The summed E-state index contributed by atoms with van der Waals surface area (Å²) in [4.78, 5) is 16.5. The molecular formula is C20H22FNO3. The van der Waals surface area contributed by atoms with Crippen molar-refractivity contribution in [1.29, 1.82) is 0 Å². The van der Waals surface area contributed by atoms with Gasteiger partial charge in [0.2, 0.25) is 0 Å². The first-order valence-corrected chi connectivity index (χ1v) is 8.04. The van der Waals surface area contributed by atoms with Crippen LogP contribution in [0, 0.1) is 5.82 Å². The Bertz CT molecular complexity index is 766. The Morgan fingerprint density at radius 3 is 2.48 bits per heavy atom. The minimum Gasteiger partial charge on any atom is -0.507 e. The second-order valence-electron chi connectivity index (χ2n) is 6.66. The van der Waals surface area contributed by atoms with Crippen LogP contribution < -0.4 is 0 Å². The number of esters is 1. The van der Waals surface area contributed by atoms with E-state index in [-0.39, 0.29) is 12.2 Å². The van der Waals surface area contributed by atoms with Crippen LogP contribution in [0.5, 0.6) is 5.75 Å². The molecule has 0 aliphatic rings. The van der Waals surface area contributed by atoms with Gasteiger partial charge < -0.3 is 9.84 Å². The summed E-state index contributed by atoms with van der Waals surface area (Å²) in [6, 6.07) is 12.1. The zero-order chi connectivity index (χ0) is 18.4. The molecule has 0 bridgehead atoms. The van der Waals surface area contributed by atoms with Gasteiger partial charge in [0.05, 0.1) is 12.5 Å². The number of para-hydroxylation sites is 1. The monoisotopic (exact) mass is 343 g/mol. The van der Waals surface area contributed by atoms with Crippen molar-refractivity contribution < 1.29 is 19.0 Å². The molecule has 0 aromatic heterocycles. The number of hydrogen-bond donors (Lipinski definition) is 1. The predicted molar refractivity (Wildman–Crippen MR) is 95.3 cm³/mol. The molecule has 2 aromatic rings. The number of aromatic hydroxyl groups is 1. The van der Waals surface area contributed by atoms with E-state index in [1.165, 1.54) is 18.3 Å². The molecule has 25 heavy (non-hydrogen) atoms. The number of phenolic OH excluding ortho intramolecular Hbond substituents is 1. The average Bonchev–Trinajstić information content (AvgIpc) is 2.51. The highest BCUT2D eigenvalue weighted by molar-refractivity contribution is 5.83. The van der Waals surface area contributed by atoms with Crippen molar-refractivity contribution in [3.8, 4) is 5.75 Å². The fourth-order valence-electron chi connectivity index (χ4n) is 2.30. The van der Waals surface area contributed by atoms with Gasteiger partial charge in [0.15, 0.2) is 0 Å². The lowest BCUT2D eigenvalue weighted by Crippen LogP contribution is -2.24. The van der Waals surface area contributed by atoms with Crippen LogP contribution in [0.3, 0.4) is 0 Å². The van der Waals surface area contributed by atoms with E-state index in [2.05, 4.69) is 4.99 Å². The van der Waals surface area contributed by atoms with E-state index in [1.54, 1.807) is 57.2 Å². The summed E-state index contributed by atoms with van der Waals surface area (Å²) >= 11 is 0. The van der Waals surface area contributed by atoms with E-state index in [0.717, 1.165) is 0 Å². The van der Waals surface area contributed by atoms with Crippen LogP contribution in [0.1, 0.15) is 44.4 Å². The Balaban J connectivity index is 2.28. The molecular weight excluding hydrogens is 321 g/mol. The number of phenols is 1. The zero-order valence-corrected chi connectivity index (χ0v) is 14.6. The number of carbonyl (C=O) groups excluding carboxylic acids is 1. The van der Waals surface area contributed by atoms with Crippen LogP contribution in [0.2, 0.25) is 0 Å². The number of rotatable bonds is 5. The van der Waals surface area contributed by atoms with Gasteiger partial charge in [-0.05, 0) is 39.0 Å². The zero-order valence-electron chi connectivity index (χ0n) is 14.6. The molecule has 0 unspecified atom stereocenters. The van der Waals surface area contributed by atoms with Gasteiger partial charge in [-0.1, -0.05) is 30.3 Å². The lowest BCUT2D eigenvalue weighted by molar-refractivity contribution is -0.155. The van der Waals surface area contributed by atoms with Crippen LogP contribution >= 0.6 is 0 Å². The molecule has 132 valence electrons. The largest absolute Gasteiger partial charge is 0.507 e. The van der Waals surface area contributed by atoms with Crippen molar-refractivity contribution in [2.75, 3.05) is 0 Å². The maximum absolute atomic E-state index is 14.2. The molecule has 1 atom stereocenters. The van der Waals surface area contributed by atoms with Crippen LogP contribution in [0.4, 0.5) is 4.39 Å². The SMILES string of the molecule is CC(C)(C)OC(=O)C[C@H](N=Cc1ccccc1O)c1ccccc1F. The molecule has 0 aliphatic heterocycles. The highest BCUT2D eigenvalue weighted by atomic mass is 19.1. The standard InChI is InChI=1S/C20H22FNO3/c1-20(2,3)25-19(24)12-17(15-9-5-6-10-16(15)21)22-13-14-8-4-7-11-18(14)23/h4-11,13,17,23H,12H2,1-3H3/t17-/m0/s1. The first-order chi connectivity index (χ1) is 11.8. The molecule has 5 heteroatoms. The van der Waals surface area contributed by atoms with Crippen LogP contribution in [-0.2, 0) is 9.53 Å². The second-order valence-corrected chi connectivity index (χ2v) is 6.66. The number of ether oxygens (including phenoxy) is 1. The van der Waals surface area contributed by atoms with E-state index in [4.69, 9.17) is 4.74 Å². The molecule has 0 saturated carbocycles. The summed E-state index contributed by atoms with van der Waals surface area (Å²) in [5, 5.41) is 9.83. The van der Waals surface area contributed by atoms with Gasteiger partial charge in [-0.3, -0.25) is 9.79 Å². The quantitative estimate of drug-likeness (QED) is 0.646. The van der Waals surface area contributed by atoms with Crippen molar-refractivity contribution in [3.05, 3.63) is 65.5 Å². The summed E-state index contributed by atoms with van der Waals surface area (Å²) in [6.45, 7) is 5.32. The Labute approximate surface area is 147 Å². The van der Waals surface area contributed by atoms with E-state index in [0.29, 0.717) is 11.1 Å². The number of halogens is 1. The van der Waals surface area contributed by atoms with Gasteiger partial charge in [0.1, 0.15) is 17.2 Å². The van der Waals surface area contributed by atoms with Gasteiger partial charge in [-0.2, -0.15) is 0 Å². The van der Waals surface area contributed by atoms with Gasteiger partial charge in [-0.25, -0.2) is 4.39 Å². The maximum atomic E-state index is 14.2. The third kappa shape index (κ3) is 5.71. The van der Waals surface area contributed by atoms with Gasteiger partial charge >= 0.3 is 5.97 Å². The third-order valence-electron chi connectivity index (χ3n) is 3.37. The van der Waals surface area contributed by atoms with Gasteiger partial charge in [0, 0.05) is 17.3 Å². The molecule has 4 nitrogen and oxygen atoms in total. The smallest absolute Gasteiger partial charge is 0.308 e. The van der Waals surface area contributed by atoms with Crippen molar-refractivity contribution >= 4 is 12.2 Å². The summed E-state index contributed by atoms with van der Waals surface area (Å²) < 4.78 is 19.5. The van der Waals surface area contributed by atoms with E-state index < -0.39 is 23.4 Å². The summed E-state index contributed by atoms with van der Waals surface area (Å²) in [5.41, 5.74) is 0.172. The second kappa shape index (κ2) is 7.92. The molecule has 1 N–H and O–H groups in total. The Morgan fingerprint density at radius 2 is 1.84 bits per heavy atom. The Morgan fingerprint density at radius 1 is 1.20 bits per heavy atom. The number of aliphatic imine (C=N–C) groups is 1. The fourth-order valence-corrected chi connectivity index (χ4v) is 2.30. The lowest BCUT2D eigenvalue weighted by atomic mass is 10.0. The summed E-state index contributed by atoms with van der Waals surface area (Å²) in [7, 11) is 0. The van der Waals surface area contributed by atoms with E-state index >= 15 is 0 Å². The molecule has 0 spiro atoms. The van der Waals surface area contributed by atoms with Crippen LogP contribution in [-0.4, -0.2) is 22.9 Å². The maximum Gasteiger partial charge on any atom is 0.308 e. The Hall–Kier alpha value is -2.69. The third-order valence-corrected chi connectivity index (χ3v) is 3.37. The molecule has 0 amide bonds. The molecule has 0 heterocycles. The normalized spacial score (nSPS) is 13.0. The first-order valence-electron chi connectivity index (χ1n) is 8.04. The minimum absolute atomic E-state index is 0.0656. The summed E-state index contributed by atoms with van der Waals surface area (Å²) in [5.74, 6) is -0.837. The number of benzene rings is 2. The van der Waals surface area contributed by atoms with Gasteiger partial charge in [-0.15, -0.1) is 0 Å². The van der Waals surface area contributed by atoms with Crippen molar-refractivity contribution in [1.82, 2.24) is 0 Å². The highest BCUT2D eigenvalue weighted by Crippen LogP contribution is 2.26. The van der Waals surface area contributed by atoms with E-state index in [9.17, 15) is 14.3 Å². The number of nitrogens with zero attached hydrogens (tertiary/aromatic N) is 1. The van der Waals surface area contributed by atoms with Crippen molar-refractivity contribution in [3.63, 3.8) is 0 Å². The molecule has 0 radical (unpaired) electrons. The highest BCUT2D eigenvalue weighted by Gasteiger charge is 2.22. The van der Waals surface area contributed by atoms with Gasteiger partial charge in [0.25, 0.3) is 0 Å². The van der Waals surface area contributed by atoms with E-state index in [1.807, 2.05) is 0 Å². The molecule has 0 aliphatic carbocycles. The lowest BCUT2D eigenvalue weighted by Gasteiger charge is -2.21. The summed E-state index contributed by atoms with van der Waals surface area (Å²) in [6.07, 6.45) is 1.35. The average molecular weight is 343 g/mol. The number of carbonyl (C=O) groups is 1. The molecule has 2 rings (SSSR count). The predicted octanol–water partition coefficient (Wildman–Crippen LogP) is 4.42. The van der Waals surface area contributed by atoms with Crippen molar-refractivity contribution in [2.24, 2.45) is 4.99 Å². The van der Waals surface area contributed by atoms with Crippen LogP contribution in [0.15, 0.2) is 53.5 Å². The fraction of sp³-hybridized carbons (Fsp3) is 0.300. The first kappa shape index (κ1) is 18.6. The topological polar surface area (TPSA) is 58.9 Å².